The lowest BCUT2D eigenvalue weighted by Gasteiger charge is -2.27. The fourth-order valence-electron chi connectivity index (χ4n) is 2.28. The monoisotopic (exact) mass is 270 g/mol. The van der Waals surface area contributed by atoms with Gasteiger partial charge in [-0.25, -0.2) is 4.98 Å². The van der Waals surface area contributed by atoms with Gasteiger partial charge in [0, 0.05) is 12.6 Å². The highest BCUT2D eigenvalue weighted by molar-refractivity contribution is 6.28. The molecule has 0 aliphatic carbocycles. The third-order valence-corrected chi connectivity index (χ3v) is 3.42. The minimum Gasteiger partial charge on any atom is -0.348 e. The molecular weight excluding hydrogens is 256 g/mol. The highest BCUT2D eigenvalue weighted by Gasteiger charge is 2.26. The highest BCUT2D eigenvalue weighted by Crippen LogP contribution is 2.30. The van der Waals surface area contributed by atoms with E-state index < -0.39 is 4.92 Å². The predicted octanol–water partition coefficient (Wildman–Crippen LogP) is 2.81. The van der Waals surface area contributed by atoms with Gasteiger partial charge in [0.25, 0.3) is 0 Å². The van der Waals surface area contributed by atoms with Crippen molar-refractivity contribution in [3.8, 4) is 0 Å². The Morgan fingerprint density at radius 1 is 1.50 bits per heavy atom. The van der Waals surface area contributed by atoms with Gasteiger partial charge in [-0.15, -0.1) is 0 Å². The maximum atomic E-state index is 11.0. The van der Waals surface area contributed by atoms with Crippen molar-refractivity contribution in [3.63, 3.8) is 0 Å². The lowest BCUT2D eigenvalue weighted by molar-refractivity contribution is -0.384. The molecule has 18 heavy (non-hydrogen) atoms. The summed E-state index contributed by atoms with van der Waals surface area (Å²) in [5.74, 6) is 0.342. The topological polar surface area (TPSA) is 72.2 Å². The van der Waals surface area contributed by atoms with Crippen LogP contribution in [0.5, 0.6) is 0 Å². The second-order valence-corrected chi connectivity index (χ2v) is 4.83. The maximum Gasteiger partial charge on any atom is 0.329 e. The number of nitro groups is 1. The highest BCUT2D eigenvalue weighted by atomic mass is 35.5. The number of nitrogens with zero attached hydrogens (tertiary/aromatic N) is 4. The lowest BCUT2D eigenvalue weighted by atomic mass is 10.1. The van der Waals surface area contributed by atoms with Crippen LogP contribution in [0.25, 0.3) is 0 Å². The molecule has 2 heterocycles. The zero-order chi connectivity index (χ0) is 13.1. The first-order valence-corrected chi connectivity index (χ1v) is 6.41. The molecule has 1 saturated heterocycles. The molecule has 0 bridgehead atoms. The van der Waals surface area contributed by atoms with Crippen LogP contribution in [-0.2, 0) is 0 Å². The molecule has 7 heteroatoms. The van der Waals surface area contributed by atoms with Crippen LogP contribution in [0.2, 0.25) is 5.28 Å². The van der Waals surface area contributed by atoms with Crippen molar-refractivity contribution in [2.75, 3.05) is 11.4 Å². The average molecular weight is 271 g/mol. The molecule has 1 aliphatic heterocycles. The third-order valence-electron chi connectivity index (χ3n) is 3.24. The molecule has 2 rings (SSSR count). The first-order valence-electron chi connectivity index (χ1n) is 6.03. The van der Waals surface area contributed by atoms with E-state index in [0.29, 0.717) is 5.82 Å². The van der Waals surface area contributed by atoms with E-state index in [9.17, 15) is 10.1 Å². The van der Waals surface area contributed by atoms with Crippen molar-refractivity contribution in [1.82, 2.24) is 9.97 Å². The van der Waals surface area contributed by atoms with Gasteiger partial charge in [-0.3, -0.25) is 10.1 Å². The Bertz CT molecular complexity index is 455. The summed E-state index contributed by atoms with van der Waals surface area (Å²) in [5, 5.41) is 11.1. The summed E-state index contributed by atoms with van der Waals surface area (Å²) in [4.78, 5) is 20.3. The number of aromatic nitrogens is 2. The second-order valence-electron chi connectivity index (χ2n) is 4.50. The van der Waals surface area contributed by atoms with Crippen molar-refractivity contribution >= 4 is 23.1 Å². The molecule has 1 aromatic rings. The molecular formula is C11H15ClN4O2. The van der Waals surface area contributed by atoms with Crippen LogP contribution in [0.15, 0.2) is 6.20 Å². The minimum absolute atomic E-state index is 0.0482. The Morgan fingerprint density at radius 3 is 3.00 bits per heavy atom. The molecule has 0 spiro atoms. The fourth-order valence-corrected chi connectivity index (χ4v) is 2.40. The van der Waals surface area contributed by atoms with E-state index in [2.05, 4.69) is 16.9 Å². The van der Waals surface area contributed by atoms with E-state index in [-0.39, 0.29) is 17.0 Å². The van der Waals surface area contributed by atoms with Gasteiger partial charge >= 0.3 is 5.69 Å². The maximum absolute atomic E-state index is 11.0. The van der Waals surface area contributed by atoms with Gasteiger partial charge in [-0.05, 0) is 31.4 Å². The molecule has 1 aliphatic rings. The smallest absolute Gasteiger partial charge is 0.329 e. The Labute approximate surface area is 110 Å². The molecule has 1 aromatic heterocycles. The molecule has 0 N–H and O–H groups in total. The zero-order valence-electron chi connectivity index (χ0n) is 10.2. The SMILES string of the molecule is CC1CCCCCN1c1nc(Cl)ncc1[N+](=O)[O-]. The van der Waals surface area contributed by atoms with Crippen LogP contribution < -0.4 is 4.90 Å². The molecule has 1 fully saturated rings. The molecule has 1 unspecified atom stereocenters. The van der Waals surface area contributed by atoms with Crippen LogP contribution in [0.1, 0.15) is 32.6 Å². The second kappa shape index (κ2) is 5.48. The summed E-state index contributed by atoms with van der Waals surface area (Å²) in [5.41, 5.74) is -0.0758. The molecule has 0 saturated carbocycles. The van der Waals surface area contributed by atoms with Crippen molar-refractivity contribution in [1.29, 1.82) is 0 Å². The minimum atomic E-state index is -0.455. The molecule has 0 amide bonds. The Kier molecular flexibility index (Phi) is 3.96. The molecule has 6 nitrogen and oxygen atoms in total. The van der Waals surface area contributed by atoms with Gasteiger partial charge < -0.3 is 4.90 Å². The summed E-state index contributed by atoms with van der Waals surface area (Å²) in [7, 11) is 0. The standard InChI is InChI=1S/C11H15ClN4O2/c1-8-5-3-2-4-6-15(8)10-9(16(17)18)7-13-11(12)14-10/h7-8H,2-6H2,1H3. The molecule has 0 radical (unpaired) electrons. The first-order chi connectivity index (χ1) is 8.59. The van der Waals surface area contributed by atoms with Crippen LogP contribution in [0.3, 0.4) is 0 Å². The van der Waals surface area contributed by atoms with Gasteiger partial charge in [0.1, 0.15) is 6.20 Å². The molecule has 0 aromatic carbocycles. The first kappa shape index (κ1) is 13.0. The van der Waals surface area contributed by atoms with Gasteiger partial charge in [-0.2, -0.15) is 4.98 Å². The van der Waals surface area contributed by atoms with E-state index in [1.54, 1.807) is 0 Å². The summed E-state index contributed by atoms with van der Waals surface area (Å²) in [6, 6.07) is 0.233. The Hall–Kier alpha value is -1.43. The van der Waals surface area contributed by atoms with Crippen molar-refractivity contribution in [2.45, 2.75) is 38.6 Å². The number of hydrogen-bond acceptors (Lipinski definition) is 5. The van der Waals surface area contributed by atoms with Gasteiger partial charge in [-0.1, -0.05) is 12.8 Å². The average Bonchev–Trinajstić information content (AvgIpc) is 2.53. The predicted molar refractivity (Wildman–Crippen MR) is 69.0 cm³/mol. The van der Waals surface area contributed by atoms with Crippen LogP contribution in [0.4, 0.5) is 11.5 Å². The van der Waals surface area contributed by atoms with Crippen molar-refractivity contribution in [2.24, 2.45) is 0 Å². The van der Waals surface area contributed by atoms with E-state index in [0.717, 1.165) is 32.2 Å². The van der Waals surface area contributed by atoms with Crippen LogP contribution in [-0.4, -0.2) is 27.5 Å². The van der Waals surface area contributed by atoms with E-state index in [1.165, 1.54) is 6.20 Å². The number of hydrogen-bond donors (Lipinski definition) is 0. The summed E-state index contributed by atoms with van der Waals surface area (Å²) >= 11 is 5.76. The van der Waals surface area contributed by atoms with Gasteiger partial charge in [0.15, 0.2) is 0 Å². The van der Waals surface area contributed by atoms with E-state index in [1.807, 2.05) is 4.90 Å². The van der Waals surface area contributed by atoms with E-state index in [4.69, 9.17) is 11.6 Å². The summed E-state index contributed by atoms with van der Waals surface area (Å²) in [6.07, 6.45) is 5.50. The van der Waals surface area contributed by atoms with Crippen LogP contribution in [0, 0.1) is 10.1 Å². The molecule has 98 valence electrons. The Morgan fingerprint density at radius 2 is 2.28 bits per heavy atom. The third kappa shape index (κ3) is 2.69. The number of rotatable bonds is 2. The van der Waals surface area contributed by atoms with Gasteiger partial charge in [0.2, 0.25) is 11.1 Å². The quantitative estimate of drug-likeness (QED) is 0.469. The fraction of sp³-hybridized carbons (Fsp3) is 0.636. The molecule has 1 atom stereocenters. The number of halogens is 1. The zero-order valence-corrected chi connectivity index (χ0v) is 10.9. The van der Waals surface area contributed by atoms with Crippen molar-refractivity contribution < 1.29 is 4.92 Å². The van der Waals surface area contributed by atoms with Crippen molar-refractivity contribution in [3.05, 3.63) is 21.6 Å². The van der Waals surface area contributed by atoms with Crippen LogP contribution >= 0.6 is 11.6 Å². The Balaban J connectivity index is 2.40. The number of anilines is 1. The normalized spacial score (nSPS) is 20.6. The van der Waals surface area contributed by atoms with Gasteiger partial charge in [0.05, 0.1) is 4.92 Å². The summed E-state index contributed by atoms with van der Waals surface area (Å²) in [6.45, 7) is 2.83. The largest absolute Gasteiger partial charge is 0.348 e. The summed E-state index contributed by atoms with van der Waals surface area (Å²) < 4.78 is 0. The lowest BCUT2D eigenvalue weighted by Crippen LogP contribution is -2.33. The van der Waals surface area contributed by atoms with E-state index >= 15 is 0 Å².